The number of nitrogens with one attached hydrogen (secondary N) is 1. The summed E-state index contributed by atoms with van der Waals surface area (Å²) in [4.78, 5) is 60.5. The predicted molar refractivity (Wildman–Crippen MR) is 93.6 cm³/mol. The van der Waals surface area contributed by atoms with Crippen LogP contribution in [0.15, 0.2) is 21.9 Å². The molecule has 17 nitrogen and oxygen atoms in total. The molecule has 20 heteroatoms. The van der Waals surface area contributed by atoms with Gasteiger partial charge in [-0.15, -0.1) is 0 Å². The number of ether oxygens (including phenoxy) is 1. The van der Waals surface area contributed by atoms with E-state index in [0.29, 0.717) is 0 Å². The second-order valence-corrected chi connectivity index (χ2v) is 10.3. The molecule has 0 bridgehead atoms. The summed E-state index contributed by atoms with van der Waals surface area (Å²) in [5, 5.41) is 10.3. The average molecular weight is 497 g/mol. The lowest BCUT2D eigenvalue weighted by Crippen LogP contribution is -2.37. The standard InChI is InChI=1S/C10H18N3O14P3/c11-3-5-6(4-24-29(20,21)27-30(22,23)26-28(17,18)19)25-9(8(5)15)13-2-1-7(14)12-10(13)16/h1-2,5-6,8-9,15H,3-4,11H2,(H,20,21)(H,22,23)(H,12,14,16)(H2,17,18,19)/t5-,6-,8-,9-/m1/s1. The van der Waals surface area contributed by atoms with Crippen molar-refractivity contribution in [3.05, 3.63) is 33.1 Å². The first-order valence-corrected chi connectivity index (χ1v) is 12.3. The second kappa shape index (κ2) is 9.22. The monoisotopic (exact) mass is 497 g/mol. The van der Waals surface area contributed by atoms with Crippen molar-refractivity contribution >= 4 is 23.5 Å². The summed E-state index contributed by atoms with van der Waals surface area (Å²) < 4.78 is 51.5. The second-order valence-electron chi connectivity index (χ2n) is 5.86. The number of aromatic amines is 1. The molecule has 2 heterocycles. The van der Waals surface area contributed by atoms with Crippen LogP contribution in [0.5, 0.6) is 0 Å². The Morgan fingerprint density at radius 3 is 2.30 bits per heavy atom. The van der Waals surface area contributed by atoms with E-state index in [9.17, 15) is 33.3 Å². The van der Waals surface area contributed by atoms with Crippen LogP contribution in [0.2, 0.25) is 0 Å². The molecule has 0 aliphatic carbocycles. The molecule has 0 amide bonds. The van der Waals surface area contributed by atoms with Crippen molar-refractivity contribution in [1.29, 1.82) is 0 Å². The van der Waals surface area contributed by atoms with Gasteiger partial charge in [-0.3, -0.25) is 18.9 Å². The summed E-state index contributed by atoms with van der Waals surface area (Å²) in [6.07, 6.45) is -2.99. The Kier molecular flexibility index (Phi) is 7.76. The van der Waals surface area contributed by atoms with Gasteiger partial charge in [0.1, 0.15) is 6.10 Å². The maximum Gasteiger partial charge on any atom is 0.490 e. The lowest BCUT2D eigenvalue weighted by molar-refractivity contribution is -0.0528. The molecule has 0 aromatic carbocycles. The van der Waals surface area contributed by atoms with Crippen molar-refractivity contribution in [3.63, 3.8) is 0 Å². The fourth-order valence-corrected chi connectivity index (χ4v) is 5.60. The van der Waals surface area contributed by atoms with Crippen molar-refractivity contribution in [3.8, 4) is 0 Å². The molecular formula is C10H18N3O14P3. The first kappa shape index (κ1) is 25.2. The SMILES string of the molecule is NC[C@H]1[C@@H](O)[C@H](n2ccc(=O)[nH]c2=O)O[C@@H]1COP(=O)(O)OP(=O)(O)OP(=O)(O)O. The van der Waals surface area contributed by atoms with Crippen molar-refractivity contribution in [2.45, 2.75) is 18.4 Å². The van der Waals surface area contributed by atoms with Gasteiger partial charge in [-0.2, -0.15) is 8.62 Å². The van der Waals surface area contributed by atoms with Gasteiger partial charge in [-0.25, -0.2) is 18.5 Å². The van der Waals surface area contributed by atoms with E-state index in [2.05, 4.69) is 13.1 Å². The van der Waals surface area contributed by atoms with Crippen LogP contribution in [0.25, 0.3) is 0 Å². The number of nitrogens with two attached hydrogens (primary N) is 1. The summed E-state index contributed by atoms with van der Waals surface area (Å²) >= 11 is 0. The molecule has 1 aromatic rings. The summed E-state index contributed by atoms with van der Waals surface area (Å²) in [6.45, 7) is -1.11. The number of aliphatic hydroxyl groups excluding tert-OH is 1. The van der Waals surface area contributed by atoms with Crippen LogP contribution in [-0.4, -0.2) is 59.6 Å². The third-order valence-electron chi connectivity index (χ3n) is 3.74. The molecule has 172 valence electrons. The molecule has 6 atom stereocenters. The number of hydrogen-bond donors (Lipinski definition) is 7. The zero-order valence-electron chi connectivity index (χ0n) is 14.7. The summed E-state index contributed by atoms with van der Waals surface area (Å²) in [5.41, 5.74) is 3.91. The first-order chi connectivity index (χ1) is 13.6. The number of phosphoric ester groups is 1. The van der Waals surface area contributed by atoms with E-state index >= 15 is 0 Å². The fourth-order valence-electron chi connectivity index (χ4n) is 2.57. The van der Waals surface area contributed by atoms with Gasteiger partial charge in [-0.1, -0.05) is 0 Å². The molecule has 2 rings (SSSR count). The van der Waals surface area contributed by atoms with E-state index in [0.717, 1.165) is 16.8 Å². The number of rotatable bonds is 9. The maximum atomic E-state index is 11.9. The highest BCUT2D eigenvalue weighted by atomic mass is 31.3. The number of aliphatic hydroxyl groups is 1. The van der Waals surface area contributed by atoms with Gasteiger partial charge in [-0.05, 0) is 0 Å². The van der Waals surface area contributed by atoms with Crippen LogP contribution in [0.4, 0.5) is 0 Å². The molecule has 1 aliphatic heterocycles. The van der Waals surface area contributed by atoms with E-state index in [4.69, 9.17) is 25.2 Å². The Bertz CT molecular complexity index is 1020. The summed E-state index contributed by atoms with van der Waals surface area (Å²) in [5.74, 6) is -0.957. The highest BCUT2D eigenvalue weighted by Gasteiger charge is 2.46. The molecular weight excluding hydrogens is 479 g/mol. The number of aromatic nitrogens is 2. The zero-order chi connectivity index (χ0) is 22.9. The lowest BCUT2D eigenvalue weighted by atomic mass is 9.99. The van der Waals surface area contributed by atoms with Crippen molar-refractivity contribution in [2.24, 2.45) is 11.7 Å². The highest BCUT2D eigenvalue weighted by Crippen LogP contribution is 2.66. The molecule has 1 aliphatic rings. The molecule has 1 aromatic heterocycles. The Morgan fingerprint density at radius 2 is 1.77 bits per heavy atom. The van der Waals surface area contributed by atoms with Crippen molar-refractivity contribution < 1.29 is 56.3 Å². The molecule has 1 fully saturated rings. The first-order valence-electron chi connectivity index (χ1n) is 7.77. The molecule has 1 saturated heterocycles. The fraction of sp³-hybridized carbons (Fsp3) is 0.600. The van der Waals surface area contributed by atoms with E-state index in [-0.39, 0.29) is 6.54 Å². The van der Waals surface area contributed by atoms with Gasteiger partial charge >= 0.3 is 29.2 Å². The van der Waals surface area contributed by atoms with Crippen LogP contribution in [0.3, 0.4) is 0 Å². The molecule has 2 unspecified atom stereocenters. The minimum absolute atomic E-state index is 0.250. The lowest BCUT2D eigenvalue weighted by Gasteiger charge is -2.20. The van der Waals surface area contributed by atoms with Crippen molar-refractivity contribution in [2.75, 3.05) is 13.2 Å². The minimum Gasteiger partial charge on any atom is -0.388 e. The zero-order valence-corrected chi connectivity index (χ0v) is 17.3. The topological polar surface area (TPSA) is 270 Å². The Labute approximate surface area is 166 Å². The number of nitrogens with zero attached hydrogens (tertiary/aromatic N) is 1. The smallest absolute Gasteiger partial charge is 0.388 e. The largest absolute Gasteiger partial charge is 0.490 e. The Balaban J connectivity index is 2.11. The van der Waals surface area contributed by atoms with Crippen LogP contribution in [-0.2, 0) is 31.6 Å². The van der Waals surface area contributed by atoms with E-state index < -0.39 is 65.7 Å². The van der Waals surface area contributed by atoms with Crippen LogP contribution < -0.4 is 17.0 Å². The Morgan fingerprint density at radius 1 is 1.13 bits per heavy atom. The molecule has 0 spiro atoms. The minimum atomic E-state index is -5.70. The highest BCUT2D eigenvalue weighted by molar-refractivity contribution is 7.66. The third kappa shape index (κ3) is 6.73. The number of phosphoric acid groups is 3. The average Bonchev–Trinajstić information content (AvgIpc) is 2.85. The van der Waals surface area contributed by atoms with Gasteiger partial charge in [0.05, 0.1) is 12.7 Å². The van der Waals surface area contributed by atoms with Gasteiger partial charge in [0, 0.05) is 24.7 Å². The maximum absolute atomic E-state index is 11.9. The normalized spacial score (nSPS) is 28.7. The van der Waals surface area contributed by atoms with Gasteiger partial charge in [0.2, 0.25) is 0 Å². The quantitative estimate of drug-likeness (QED) is 0.177. The molecule has 8 N–H and O–H groups in total. The molecule has 0 saturated carbocycles. The summed E-state index contributed by atoms with van der Waals surface area (Å²) in [7, 11) is -16.7. The third-order valence-corrected chi connectivity index (χ3v) is 7.54. The van der Waals surface area contributed by atoms with E-state index in [1.807, 2.05) is 4.98 Å². The number of H-pyrrole nitrogens is 1. The predicted octanol–water partition coefficient (Wildman–Crippen LogP) is -2.29. The van der Waals surface area contributed by atoms with Gasteiger partial charge in [0.25, 0.3) is 5.56 Å². The van der Waals surface area contributed by atoms with Gasteiger partial charge in [0.15, 0.2) is 6.23 Å². The van der Waals surface area contributed by atoms with E-state index in [1.54, 1.807) is 0 Å². The Hall–Kier alpha value is -1.03. The molecule has 0 radical (unpaired) electrons. The molecule has 30 heavy (non-hydrogen) atoms. The summed E-state index contributed by atoms with van der Waals surface area (Å²) in [6, 6.07) is 0.980. The van der Waals surface area contributed by atoms with Crippen LogP contribution >= 0.6 is 23.5 Å². The van der Waals surface area contributed by atoms with E-state index in [1.165, 1.54) is 0 Å². The van der Waals surface area contributed by atoms with Crippen LogP contribution in [0, 0.1) is 5.92 Å². The van der Waals surface area contributed by atoms with Crippen LogP contribution in [0.1, 0.15) is 6.23 Å². The number of hydrogen-bond acceptors (Lipinski definition) is 11. The van der Waals surface area contributed by atoms with Gasteiger partial charge < -0.3 is 35.2 Å². The van der Waals surface area contributed by atoms with Crippen molar-refractivity contribution in [1.82, 2.24) is 9.55 Å².